The van der Waals surface area contributed by atoms with Crippen LogP contribution in [0.15, 0.2) is 31.2 Å². The number of amides is 5. The number of hydrogen-bond acceptors (Lipinski definition) is 8. The van der Waals surface area contributed by atoms with Gasteiger partial charge in [0.15, 0.2) is 0 Å². The average molecular weight is 708 g/mol. The summed E-state index contributed by atoms with van der Waals surface area (Å²) in [6.07, 6.45) is 17.5. The molecule has 0 aromatic carbocycles. The fourth-order valence-electron chi connectivity index (χ4n) is 7.83. The molecular weight excluding hydrogens is 650 g/mol. The molecule has 13 heteroatoms. The van der Waals surface area contributed by atoms with E-state index >= 15 is 0 Å². The van der Waals surface area contributed by atoms with Crippen LogP contribution in [0.4, 0.5) is 0 Å². The van der Waals surface area contributed by atoms with Crippen molar-refractivity contribution in [1.82, 2.24) is 36.1 Å². The van der Waals surface area contributed by atoms with Crippen LogP contribution in [0.2, 0.25) is 0 Å². The van der Waals surface area contributed by atoms with E-state index in [4.69, 9.17) is 0 Å². The van der Waals surface area contributed by atoms with Crippen molar-refractivity contribution < 1.29 is 28.8 Å². The first-order valence-electron chi connectivity index (χ1n) is 19.0. The summed E-state index contributed by atoms with van der Waals surface area (Å²) < 4.78 is 0. The number of carbonyl (C=O) groups excluding carboxylic acids is 6. The van der Waals surface area contributed by atoms with E-state index in [9.17, 15) is 28.8 Å². The van der Waals surface area contributed by atoms with Crippen molar-refractivity contribution in [2.24, 2.45) is 17.8 Å². The molecular formula is C38H57N7O6. The van der Waals surface area contributed by atoms with Crippen molar-refractivity contribution in [3.05, 3.63) is 36.9 Å². The minimum absolute atomic E-state index is 0.0502. The number of hydrogen-bond donors (Lipinski definition) is 4. The molecule has 1 aromatic heterocycles. The first kappa shape index (κ1) is 39.6. The maximum Gasteiger partial charge on any atom is 0.289 e. The van der Waals surface area contributed by atoms with Crippen molar-refractivity contribution in [2.45, 2.75) is 134 Å². The summed E-state index contributed by atoms with van der Waals surface area (Å²) in [4.78, 5) is 91.7. The Labute approximate surface area is 302 Å². The number of ketones is 1. The number of carbonyl (C=O) groups is 6. The van der Waals surface area contributed by atoms with Gasteiger partial charge < -0.3 is 26.2 Å². The summed E-state index contributed by atoms with van der Waals surface area (Å²) in [6, 6.07) is -3.67. The lowest BCUT2D eigenvalue weighted by atomic mass is 9.83. The normalized spacial score (nSPS) is 24.9. The Morgan fingerprint density at radius 2 is 1.57 bits per heavy atom. The van der Waals surface area contributed by atoms with E-state index in [-0.39, 0.29) is 35.9 Å². The highest BCUT2D eigenvalue weighted by Crippen LogP contribution is 2.32. The molecule has 3 fully saturated rings. The lowest BCUT2D eigenvalue weighted by Gasteiger charge is -2.34. The number of Topliss-reactive ketones (excluding diaryl/α,β-unsaturated/α-hetero) is 1. The molecule has 5 amide bonds. The molecule has 4 rings (SSSR count). The zero-order valence-electron chi connectivity index (χ0n) is 30.4. The standard InChI is InChI=1S/C38H57N7O6/c1-4-20-41-37(50)33(46)28-17-13-8-6-5-7-9-14-18-29(38(51)45-23-19-27(25(2)3)32(45)36(49)42-28)43-35(48)31(26-15-11-10-12-16-26)44-34(47)30-24-39-21-22-40-30/h4,21-22,24-29,31-32H,1,5-20,23H2,2-3H3,(H,41,50)(H,42,49)(H,43,48)(H,44,47)/t27?,28-,29-,31-,32-/m0/s1. The molecule has 4 N–H and O–H groups in total. The first-order chi connectivity index (χ1) is 24.6. The zero-order chi connectivity index (χ0) is 36.8. The second kappa shape index (κ2) is 20.0. The predicted molar refractivity (Wildman–Crippen MR) is 192 cm³/mol. The molecule has 1 aliphatic carbocycles. The largest absolute Gasteiger partial charge is 0.346 e. The van der Waals surface area contributed by atoms with E-state index in [1.807, 2.05) is 13.8 Å². The van der Waals surface area contributed by atoms with Gasteiger partial charge in [0.25, 0.3) is 11.8 Å². The van der Waals surface area contributed by atoms with Crippen molar-refractivity contribution in [3.8, 4) is 0 Å². The van der Waals surface area contributed by atoms with Crippen molar-refractivity contribution in [1.29, 1.82) is 0 Å². The van der Waals surface area contributed by atoms with Gasteiger partial charge in [-0.15, -0.1) is 6.58 Å². The molecule has 280 valence electrons. The van der Waals surface area contributed by atoms with Gasteiger partial charge in [-0.05, 0) is 49.9 Å². The highest BCUT2D eigenvalue weighted by Gasteiger charge is 2.46. The lowest BCUT2D eigenvalue weighted by Crippen LogP contribution is -2.60. The summed E-state index contributed by atoms with van der Waals surface area (Å²) in [5.41, 5.74) is 0.104. The van der Waals surface area contributed by atoms with Gasteiger partial charge in [0.1, 0.15) is 23.8 Å². The molecule has 3 aliphatic rings. The van der Waals surface area contributed by atoms with Gasteiger partial charge in [-0.1, -0.05) is 84.1 Å². The molecule has 2 aliphatic heterocycles. The smallest absolute Gasteiger partial charge is 0.289 e. The lowest BCUT2D eigenvalue weighted by molar-refractivity contribution is -0.144. The minimum Gasteiger partial charge on any atom is -0.346 e. The fraction of sp³-hybridized carbons (Fsp3) is 0.684. The molecule has 1 aromatic rings. The third kappa shape index (κ3) is 11.2. The molecule has 0 spiro atoms. The SMILES string of the molecule is C=CCNC(=O)C(=O)[C@@H]1CCCCCCCCC[C@H](NC(=O)[C@@H](NC(=O)c2cnccn2)C2CCCCC2)C(=O)N2CCC(C(C)C)[C@H]2C(=O)N1. The molecule has 2 saturated heterocycles. The summed E-state index contributed by atoms with van der Waals surface area (Å²) in [7, 11) is 0. The van der Waals surface area contributed by atoms with Gasteiger partial charge in [0.2, 0.25) is 23.5 Å². The summed E-state index contributed by atoms with van der Waals surface area (Å²) in [5, 5.41) is 11.3. The molecule has 51 heavy (non-hydrogen) atoms. The number of fused-ring (bicyclic) bond motifs is 1. The topological polar surface area (TPSA) is 180 Å². The monoisotopic (exact) mass is 707 g/mol. The van der Waals surface area contributed by atoms with Crippen LogP contribution in [0.3, 0.4) is 0 Å². The van der Waals surface area contributed by atoms with E-state index < -0.39 is 53.6 Å². The van der Waals surface area contributed by atoms with Crippen molar-refractivity contribution in [2.75, 3.05) is 13.1 Å². The van der Waals surface area contributed by atoms with Crippen LogP contribution in [0.5, 0.6) is 0 Å². The number of aromatic nitrogens is 2. The van der Waals surface area contributed by atoms with Crippen LogP contribution in [0.25, 0.3) is 0 Å². The van der Waals surface area contributed by atoms with Crippen LogP contribution in [0.1, 0.15) is 121 Å². The third-order valence-corrected chi connectivity index (χ3v) is 10.7. The Morgan fingerprint density at radius 3 is 2.22 bits per heavy atom. The van der Waals surface area contributed by atoms with Gasteiger partial charge in [-0.25, -0.2) is 4.98 Å². The third-order valence-electron chi connectivity index (χ3n) is 10.7. The molecule has 1 saturated carbocycles. The van der Waals surface area contributed by atoms with Crippen LogP contribution in [-0.2, 0) is 24.0 Å². The van der Waals surface area contributed by atoms with Crippen LogP contribution in [-0.4, -0.2) is 87.4 Å². The van der Waals surface area contributed by atoms with Gasteiger partial charge in [0.05, 0.1) is 12.2 Å². The summed E-state index contributed by atoms with van der Waals surface area (Å²) >= 11 is 0. The van der Waals surface area contributed by atoms with Gasteiger partial charge in [-0.2, -0.15) is 0 Å². The second-order valence-electron chi connectivity index (χ2n) is 14.7. The quantitative estimate of drug-likeness (QED) is 0.211. The van der Waals surface area contributed by atoms with Gasteiger partial charge >= 0.3 is 0 Å². The second-order valence-corrected chi connectivity index (χ2v) is 14.7. The van der Waals surface area contributed by atoms with E-state index in [1.54, 1.807) is 4.90 Å². The Kier molecular flexibility index (Phi) is 15.6. The Morgan fingerprint density at radius 1 is 0.922 bits per heavy atom. The van der Waals surface area contributed by atoms with Crippen molar-refractivity contribution in [3.63, 3.8) is 0 Å². The Balaban J connectivity index is 1.60. The molecule has 0 bridgehead atoms. The predicted octanol–water partition coefficient (Wildman–Crippen LogP) is 3.39. The van der Waals surface area contributed by atoms with E-state index in [0.717, 1.165) is 64.2 Å². The van der Waals surface area contributed by atoms with E-state index in [1.165, 1.54) is 24.7 Å². The molecule has 3 heterocycles. The molecule has 0 radical (unpaired) electrons. The van der Waals surface area contributed by atoms with Crippen LogP contribution < -0.4 is 21.3 Å². The maximum absolute atomic E-state index is 14.5. The highest BCUT2D eigenvalue weighted by molar-refractivity contribution is 6.38. The van der Waals surface area contributed by atoms with Crippen LogP contribution >= 0.6 is 0 Å². The first-order valence-corrected chi connectivity index (χ1v) is 19.0. The Hall–Kier alpha value is -4.16. The zero-order valence-corrected chi connectivity index (χ0v) is 30.4. The summed E-state index contributed by atoms with van der Waals surface area (Å²) in [6.45, 7) is 8.04. The molecule has 13 nitrogen and oxygen atoms in total. The number of rotatable bonds is 10. The minimum atomic E-state index is -1.02. The number of nitrogens with zero attached hydrogens (tertiary/aromatic N) is 3. The molecule has 5 atom stereocenters. The summed E-state index contributed by atoms with van der Waals surface area (Å²) in [5.74, 6) is -3.49. The Bertz CT molecular complexity index is 1370. The van der Waals surface area contributed by atoms with Crippen molar-refractivity contribution >= 4 is 35.3 Å². The molecule has 1 unspecified atom stereocenters. The van der Waals surface area contributed by atoms with E-state index in [0.29, 0.717) is 38.6 Å². The van der Waals surface area contributed by atoms with Gasteiger partial charge in [0, 0.05) is 25.5 Å². The van der Waals surface area contributed by atoms with E-state index in [2.05, 4.69) is 37.8 Å². The highest BCUT2D eigenvalue weighted by atomic mass is 16.2. The van der Waals surface area contributed by atoms with Gasteiger partial charge in [-0.3, -0.25) is 33.8 Å². The number of nitrogens with one attached hydrogen (secondary N) is 4. The fourth-order valence-corrected chi connectivity index (χ4v) is 7.83. The van der Waals surface area contributed by atoms with Crippen LogP contribution in [0, 0.1) is 17.8 Å². The maximum atomic E-state index is 14.5. The average Bonchev–Trinajstić information content (AvgIpc) is 3.60.